The van der Waals surface area contributed by atoms with Crippen LogP contribution in [0.15, 0.2) is 54.6 Å². The Labute approximate surface area is 100 Å². The highest BCUT2D eigenvalue weighted by Crippen LogP contribution is 2.34. The molecule has 0 fully saturated rings. The molecule has 4 rings (SSSR count). The predicted molar refractivity (Wildman–Crippen MR) is 74.2 cm³/mol. The van der Waals surface area contributed by atoms with Crippen LogP contribution in [-0.4, -0.2) is 0 Å². The van der Waals surface area contributed by atoms with Crippen LogP contribution in [0.1, 0.15) is 11.1 Å². The van der Waals surface area contributed by atoms with Gasteiger partial charge in [0, 0.05) is 0 Å². The van der Waals surface area contributed by atoms with Crippen LogP contribution in [0.5, 0.6) is 0 Å². The van der Waals surface area contributed by atoms with E-state index in [9.17, 15) is 0 Å². The average molecular weight is 216 g/mol. The lowest BCUT2D eigenvalue weighted by Crippen LogP contribution is -1.93. The molecule has 3 aromatic rings. The van der Waals surface area contributed by atoms with E-state index in [1.807, 2.05) is 0 Å². The van der Waals surface area contributed by atoms with Gasteiger partial charge in [0.1, 0.15) is 0 Å². The van der Waals surface area contributed by atoms with Gasteiger partial charge in [0.25, 0.3) is 0 Å². The second kappa shape index (κ2) is 3.21. The molecule has 0 aromatic heterocycles. The van der Waals surface area contributed by atoms with Crippen LogP contribution in [-0.2, 0) is 6.42 Å². The number of rotatable bonds is 0. The lowest BCUT2D eigenvalue weighted by Gasteiger charge is -2.14. The summed E-state index contributed by atoms with van der Waals surface area (Å²) in [5, 5.41) is 5.54. The van der Waals surface area contributed by atoms with E-state index in [4.69, 9.17) is 0 Å². The maximum absolute atomic E-state index is 2.34. The first-order chi connectivity index (χ1) is 8.43. The number of hydrogen-bond acceptors (Lipinski definition) is 0. The highest BCUT2D eigenvalue weighted by molar-refractivity contribution is 6.12. The molecule has 0 aliphatic heterocycles. The van der Waals surface area contributed by atoms with Gasteiger partial charge in [-0.05, 0) is 39.1 Å². The molecule has 0 bridgehead atoms. The first-order valence-corrected chi connectivity index (χ1v) is 6.03. The third kappa shape index (κ3) is 1.18. The summed E-state index contributed by atoms with van der Waals surface area (Å²) < 4.78 is 0. The van der Waals surface area contributed by atoms with Gasteiger partial charge in [-0.2, -0.15) is 0 Å². The van der Waals surface area contributed by atoms with Gasteiger partial charge in [0.05, 0.1) is 0 Å². The summed E-state index contributed by atoms with van der Waals surface area (Å²) >= 11 is 0. The van der Waals surface area contributed by atoms with Crippen molar-refractivity contribution in [2.45, 2.75) is 6.42 Å². The Balaban J connectivity index is 2.34. The van der Waals surface area contributed by atoms with Crippen LogP contribution < -0.4 is 0 Å². The monoisotopic (exact) mass is 216 g/mol. The molecular weight excluding hydrogens is 204 g/mol. The fraction of sp³-hybridized carbons (Fsp3) is 0.0588. The molecule has 0 atom stereocenters. The summed E-state index contributed by atoms with van der Waals surface area (Å²) in [6.07, 6.45) is 5.55. The summed E-state index contributed by atoms with van der Waals surface area (Å²) in [6, 6.07) is 17.6. The summed E-state index contributed by atoms with van der Waals surface area (Å²) in [7, 11) is 0. The highest BCUT2D eigenvalue weighted by atomic mass is 14.1. The molecule has 0 spiro atoms. The fourth-order valence-electron chi connectivity index (χ4n) is 2.89. The van der Waals surface area contributed by atoms with Crippen molar-refractivity contribution in [2.75, 3.05) is 0 Å². The van der Waals surface area contributed by atoms with Gasteiger partial charge in [0.2, 0.25) is 0 Å². The quantitative estimate of drug-likeness (QED) is 0.483. The van der Waals surface area contributed by atoms with Gasteiger partial charge in [-0.1, -0.05) is 60.7 Å². The molecule has 17 heavy (non-hydrogen) atoms. The van der Waals surface area contributed by atoms with Crippen LogP contribution in [0.3, 0.4) is 0 Å². The molecule has 0 heteroatoms. The van der Waals surface area contributed by atoms with E-state index in [2.05, 4.69) is 60.7 Å². The van der Waals surface area contributed by atoms with Crippen molar-refractivity contribution in [2.24, 2.45) is 0 Å². The molecule has 3 aromatic carbocycles. The summed E-state index contributed by atoms with van der Waals surface area (Å²) in [5.41, 5.74) is 2.81. The minimum Gasteiger partial charge on any atom is -0.0795 e. The molecular formula is C17H12. The molecule has 0 saturated heterocycles. The van der Waals surface area contributed by atoms with Gasteiger partial charge < -0.3 is 0 Å². The number of fused-ring (bicyclic) bond motifs is 2. The third-order valence-electron chi connectivity index (χ3n) is 3.63. The van der Waals surface area contributed by atoms with E-state index in [0.717, 1.165) is 6.42 Å². The number of benzene rings is 3. The Morgan fingerprint density at radius 1 is 0.824 bits per heavy atom. The van der Waals surface area contributed by atoms with Gasteiger partial charge in [0.15, 0.2) is 0 Å². The Bertz CT molecular complexity index is 763. The van der Waals surface area contributed by atoms with E-state index in [1.54, 1.807) is 0 Å². The van der Waals surface area contributed by atoms with Gasteiger partial charge in [-0.3, -0.25) is 0 Å². The minimum atomic E-state index is 1.05. The molecule has 0 unspecified atom stereocenters. The van der Waals surface area contributed by atoms with Crippen molar-refractivity contribution in [1.82, 2.24) is 0 Å². The lowest BCUT2D eigenvalue weighted by molar-refractivity contribution is 1.30. The van der Waals surface area contributed by atoms with E-state index >= 15 is 0 Å². The first-order valence-electron chi connectivity index (χ1n) is 6.03. The third-order valence-corrected chi connectivity index (χ3v) is 3.63. The largest absolute Gasteiger partial charge is 0.0795 e. The standard InChI is InChI=1S/C17H12/c1-2-9-15-13(5-1)11-14-8-3-6-12-7-4-10-16(15)17(12)14/h1-7,9-11H,8H2. The molecule has 0 radical (unpaired) electrons. The van der Waals surface area contributed by atoms with Crippen molar-refractivity contribution >= 4 is 27.6 Å². The normalized spacial score (nSPS) is 13.4. The lowest BCUT2D eigenvalue weighted by atomic mass is 9.89. The molecule has 0 heterocycles. The molecule has 0 N–H and O–H groups in total. The first kappa shape index (κ1) is 9.00. The van der Waals surface area contributed by atoms with Crippen molar-refractivity contribution in [1.29, 1.82) is 0 Å². The van der Waals surface area contributed by atoms with Crippen LogP contribution in [0.4, 0.5) is 0 Å². The fourth-order valence-corrected chi connectivity index (χ4v) is 2.89. The van der Waals surface area contributed by atoms with E-state index < -0.39 is 0 Å². The van der Waals surface area contributed by atoms with Crippen LogP contribution in [0, 0.1) is 0 Å². The van der Waals surface area contributed by atoms with E-state index in [-0.39, 0.29) is 0 Å². The molecule has 1 aliphatic carbocycles. The predicted octanol–water partition coefficient (Wildman–Crippen LogP) is 4.56. The zero-order valence-corrected chi connectivity index (χ0v) is 9.48. The van der Waals surface area contributed by atoms with Gasteiger partial charge >= 0.3 is 0 Å². The maximum Gasteiger partial charge on any atom is -0.00698 e. The Kier molecular flexibility index (Phi) is 1.70. The average Bonchev–Trinajstić information content (AvgIpc) is 2.39. The topological polar surface area (TPSA) is 0 Å². The summed E-state index contributed by atoms with van der Waals surface area (Å²) in [5.74, 6) is 0. The Hall–Kier alpha value is -2.08. The zero-order valence-electron chi connectivity index (χ0n) is 9.48. The molecule has 0 saturated carbocycles. The second-order valence-corrected chi connectivity index (χ2v) is 4.63. The van der Waals surface area contributed by atoms with Gasteiger partial charge in [-0.25, -0.2) is 0 Å². The molecule has 80 valence electrons. The SMILES string of the molecule is C1=Cc2cccc3c2c(cc2ccccc23)C1. The van der Waals surface area contributed by atoms with Crippen molar-refractivity contribution in [3.05, 3.63) is 65.7 Å². The second-order valence-electron chi connectivity index (χ2n) is 4.63. The van der Waals surface area contributed by atoms with Gasteiger partial charge in [-0.15, -0.1) is 0 Å². The van der Waals surface area contributed by atoms with Crippen molar-refractivity contribution < 1.29 is 0 Å². The minimum absolute atomic E-state index is 1.05. The number of hydrogen-bond donors (Lipinski definition) is 0. The molecule has 1 aliphatic rings. The van der Waals surface area contributed by atoms with Crippen LogP contribution >= 0.6 is 0 Å². The number of allylic oxidation sites excluding steroid dienone is 1. The summed E-state index contributed by atoms with van der Waals surface area (Å²) in [4.78, 5) is 0. The smallest absolute Gasteiger partial charge is 0.00698 e. The van der Waals surface area contributed by atoms with Crippen molar-refractivity contribution in [3.63, 3.8) is 0 Å². The zero-order chi connectivity index (χ0) is 11.2. The summed E-state index contributed by atoms with van der Waals surface area (Å²) in [6.45, 7) is 0. The van der Waals surface area contributed by atoms with E-state index in [0.29, 0.717) is 0 Å². The van der Waals surface area contributed by atoms with Crippen LogP contribution in [0.2, 0.25) is 0 Å². The van der Waals surface area contributed by atoms with Crippen LogP contribution in [0.25, 0.3) is 27.6 Å². The molecule has 0 nitrogen and oxygen atoms in total. The Morgan fingerprint density at radius 2 is 1.71 bits per heavy atom. The maximum atomic E-state index is 2.34. The van der Waals surface area contributed by atoms with E-state index in [1.165, 1.54) is 32.7 Å². The van der Waals surface area contributed by atoms with Crippen molar-refractivity contribution in [3.8, 4) is 0 Å². The highest BCUT2D eigenvalue weighted by Gasteiger charge is 2.10. The molecule has 0 amide bonds. The Morgan fingerprint density at radius 3 is 2.71 bits per heavy atom.